The molecule has 144 valence electrons. The Labute approximate surface area is 172 Å². The molecular formula is C25H15FN2O2. The molecule has 1 aliphatic carbocycles. The Morgan fingerprint density at radius 1 is 0.600 bits per heavy atom. The van der Waals surface area contributed by atoms with E-state index >= 15 is 0 Å². The number of hydrogen-bond acceptors (Lipinski definition) is 4. The second-order valence-electron chi connectivity index (χ2n) is 7.19. The summed E-state index contributed by atoms with van der Waals surface area (Å²) >= 11 is 0. The van der Waals surface area contributed by atoms with E-state index in [1.807, 2.05) is 31.2 Å². The fraction of sp³-hybridized carbons (Fsp3) is 0.0400. The summed E-state index contributed by atoms with van der Waals surface area (Å²) in [5, 5.41) is 0. The van der Waals surface area contributed by atoms with Crippen molar-refractivity contribution in [3.05, 3.63) is 107 Å². The molecule has 0 unspecified atom stereocenters. The maximum absolute atomic E-state index is 13.5. The van der Waals surface area contributed by atoms with Gasteiger partial charge in [0.15, 0.2) is 0 Å². The van der Waals surface area contributed by atoms with Crippen molar-refractivity contribution >= 4 is 11.6 Å². The summed E-state index contributed by atoms with van der Waals surface area (Å²) in [4.78, 5) is 35.4. The van der Waals surface area contributed by atoms with Crippen LogP contribution in [0.1, 0.15) is 37.7 Å². The lowest BCUT2D eigenvalue weighted by atomic mass is 9.89. The van der Waals surface area contributed by atoms with E-state index in [1.54, 1.807) is 36.4 Å². The van der Waals surface area contributed by atoms with Gasteiger partial charge in [-0.15, -0.1) is 0 Å². The summed E-state index contributed by atoms with van der Waals surface area (Å²) in [5.41, 5.74) is 4.06. The van der Waals surface area contributed by atoms with E-state index in [-0.39, 0.29) is 28.8 Å². The first-order valence-electron chi connectivity index (χ1n) is 9.46. The first-order chi connectivity index (χ1) is 14.5. The lowest BCUT2D eigenvalue weighted by Gasteiger charge is -2.19. The first-order valence-corrected chi connectivity index (χ1v) is 9.46. The maximum Gasteiger partial charge on any atom is 0.214 e. The Bertz CT molecular complexity index is 1220. The van der Waals surface area contributed by atoms with Gasteiger partial charge in [-0.2, -0.15) is 0 Å². The molecule has 0 N–H and O–H groups in total. The van der Waals surface area contributed by atoms with E-state index in [0.717, 1.165) is 11.1 Å². The quantitative estimate of drug-likeness (QED) is 0.421. The van der Waals surface area contributed by atoms with Crippen molar-refractivity contribution in [2.24, 2.45) is 0 Å². The molecule has 0 saturated carbocycles. The molecule has 0 saturated heterocycles. The summed E-state index contributed by atoms with van der Waals surface area (Å²) in [5.74, 6) is -1.04. The van der Waals surface area contributed by atoms with E-state index in [2.05, 4.69) is 9.97 Å². The third-order valence-corrected chi connectivity index (χ3v) is 5.18. The van der Waals surface area contributed by atoms with Crippen LogP contribution in [0.3, 0.4) is 0 Å². The number of aromatic nitrogens is 2. The lowest BCUT2D eigenvalue weighted by Crippen LogP contribution is -2.24. The molecule has 0 amide bonds. The van der Waals surface area contributed by atoms with Crippen LogP contribution in [-0.4, -0.2) is 21.5 Å². The van der Waals surface area contributed by atoms with Crippen molar-refractivity contribution in [3.8, 4) is 22.5 Å². The Balaban J connectivity index is 1.79. The van der Waals surface area contributed by atoms with Crippen LogP contribution in [0.15, 0.2) is 72.8 Å². The van der Waals surface area contributed by atoms with Crippen LogP contribution in [0.4, 0.5) is 4.39 Å². The monoisotopic (exact) mass is 394 g/mol. The maximum atomic E-state index is 13.5. The van der Waals surface area contributed by atoms with E-state index in [4.69, 9.17) is 0 Å². The fourth-order valence-electron chi connectivity index (χ4n) is 3.61. The lowest BCUT2D eigenvalue weighted by molar-refractivity contribution is 0.0971. The van der Waals surface area contributed by atoms with Gasteiger partial charge in [0.2, 0.25) is 11.6 Å². The fourth-order valence-corrected chi connectivity index (χ4v) is 3.61. The number of carbonyl (C=O) groups excluding carboxylic acids is 2. The van der Waals surface area contributed by atoms with Crippen molar-refractivity contribution in [1.29, 1.82) is 0 Å². The summed E-state index contributed by atoms with van der Waals surface area (Å²) in [6.07, 6.45) is 0. The number of hydrogen-bond donors (Lipinski definition) is 0. The number of benzene rings is 3. The zero-order valence-electron chi connectivity index (χ0n) is 16.0. The molecule has 1 heterocycles. The van der Waals surface area contributed by atoms with E-state index < -0.39 is 0 Å². The summed E-state index contributed by atoms with van der Waals surface area (Å²) in [7, 11) is 0. The average Bonchev–Trinajstić information content (AvgIpc) is 2.78. The highest BCUT2D eigenvalue weighted by molar-refractivity contribution is 6.27. The number of rotatable bonds is 2. The SMILES string of the molecule is Cc1ccc(-c2nc3c(nc2-c2ccc(F)cc2)C(=O)c2ccccc2C3=O)cc1. The molecule has 4 nitrogen and oxygen atoms in total. The van der Waals surface area contributed by atoms with Gasteiger partial charge < -0.3 is 0 Å². The number of nitrogens with zero attached hydrogens (tertiary/aromatic N) is 2. The first kappa shape index (κ1) is 18.1. The highest BCUT2D eigenvalue weighted by atomic mass is 19.1. The van der Waals surface area contributed by atoms with Gasteiger partial charge in [-0.3, -0.25) is 9.59 Å². The molecule has 0 bridgehead atoms. The zero-order valence-corrected chi connectivity index (χ0v) is 16.0. The Morgan fingerprint density at radius 3 is 1.50 bits per heavy atom. The van der Waals surface area contributed by atoms with Crippen molar-refractivity contribution in [2.75, 3.05) is 0 Å². The Hall–Kier alpha value is -3.99. The second kappa shape index (κ2) is 6.81. The summed E-state index contributed by atoms with van der Waals surface area (Å²) in [6, 6.07) is 20.2. The second-order valence-corrected chi connectivity index (χ2v) is 7.19. The highest BCUT2D eigenvalue weighted by Gasteiger charge is 2.33. The van der Waals surface area contributed by atoms with Crippen molar-refractivity contribution < 1.29 is 14.0 Å². The van der Waals surface area contributed by atoms with Crippen LogP contribution in [0, 0.1) is 12.7 Å². The molecule has 0 fully saturated rings. The third-order valence-electron chi connectivity index (χ3n) is 5.18. The highest BCUT2D eigenvalue weighted by Crippen LogP contribution is 2.33. The Morgan fingerprint density at radius 2 is 1.03 bits per heavy atom. The molecule has 5 heteroatoms. The molecule has 1 aliphatic rings. The molecule has 30 heavy (non-hydrogen) atoms. The van der Waals surface area contributed by atoms with Crippen LogP contribution in [0.5, 0.6) is 0 Å². The molecule has 4 aromatic rings. The molecular weight excluding hydrogens is 379 g/mol. The van der Waals surface area contributed by atoms with Gasteiger partial charge in [-0.1, -0.05) is 54.1 Å². The third kappa shape index (κ3) is 2.83. The molecule has 0 radical (unpaired) electrons. The summed E-state index contributed by atoms with van der Waals surface area (Å²) < 4.78 is 13.5. The van der Waals surface area contributed by atoms with Crippen molar-refractivity contribution in [1.82, 2.24) is 9.97 Å². The number of ketones is 2. The van der Waals surface area contributed by atoms with Crippen molar-refractivity contribution in [2.45, 2.75) is 6.92 Å². The van der Waals surface area contributed by atoms with Crippen LogP contribution >= 0.6 is 0 Å². The minimum atomic E-state index is -0.373. The predicted molar refractivity (Wildman–Crippen MR) is 111 cm³/mol. The number of carbonyl (C=O) groups is 2. The largest absolute Gasteiger partial charge is 0.287 e. The molecule has 1 aromatic heterocycles. The van der Waals surface area contributed by atoms with Gasteiger partial charge in [0.1, 0.15) is 17.2 Å². The van der Waals surface area contributed by atoms with Crippen LogP contribution < -0.4 is 0 Å². The Kier molecular flexibility index (Phi) is 4.10. The number of halogens is 1. The zero-order chi connectivity index (χ0) is 20.8. The normalized spacial score (nSPS) is 12.5. The topological polar surface area (TPSA) is 59.9 Å². The molecule has 3 aromatic carbocycles. The number of aryl methyl sites for hydroxylation is 1. The van der Waals surface area contributed by atoms with Crippen LogP contribution in [0.25, 0.3) is 22.5 Å². The average molecular weight is 394 g/mol. The van der Waals surface area contributed by atoms with Gasteiger partial charge in [-0.05, 0) is 31.2 Å². The minimum absolute atomic E-state index is 0.0221. The van der Waals surface area contributed by atoms with Crippen LogP contribution in [-0.2, 0) is 0 Å². The van der Waals surface area contributed by atoms with Crippen molar-refractivity contribution in [3.63, 3.8) is 0 Å². The van der Waals surface area contributed by atoms with Gasteiger partial charge in [0.25, 0.3) is 0 Å². The molecule has 5 rings (SSSR count). The van der Waals surface area contributed by atoms with Gasteiger partial charge in [-0.25, -0.2) is 14.4 Å². The van der Waals surface area contributed by atoms with E-state index in [0.29, 0.717) is 28.1 Å². The predicted octanol–water partition coefficient (Wildman–Crippen LogP) is 5.03. The summed E-state index contributed by atoms with van der Waals surface area (Å²) in [6.45, 7) is 1.97. The molecule has 0 atom stereocenters. The minimum Gasteiger partial charge on any atom is -0.287 e. The van der Waals surface area contributed by atoms with E-state index in [1.165, 1.54) is 12.1 Å². The smallest absolute Gasteiger partial charge is 0.214 e. The van der Waals surface area contributed by atoms with Gasteiger partial charge in [0.05, 0.1) is 11.4 Å². The van der Waals surface area contributed by atoms with Gasteiger partial charge in [0, 0.05) is 22.3 Å². The number of fused-ring (bicyclic) bond motifs is 2. The molecule has 0 aliphatic heterocycles. The standard InChI is InChI=1S/C25H15FN2O2/c1-14-6-8-15(9-7-14)20-21(16-10-12-17(26)13-11-16)28-23-22(27-20)24(29)18-4-2-3-5-19(18)25(23)30/h2-13H,1H3. The van der Waals surface area contributed by atoms with E-state index in [9.17, 15) is 14.0 Å². The van der Waals surface area contributed by atoms with Crippen LogP contribution in [0.2, 0.25) is 0 Å². The van der Waals surface area contributed by atoms with Gasteiger partial charge >= 0.3 is 0 Å². The molecule has 0 spiro atoms.